The topological polar surface area (TPSA) is 71.3 Å². The molecule has 0 aliphatic carbocycles. The van der Waals surface area contributed by atoms with E-state index in [1.807, 2.05) is 0 Å². The average Bonchev–Trinajstić information content (AvgIpc) is 2.37. The molecule has 0 aliphatic rings. The second-order valence-corrected chi connectivity index (χ2v) is 3.65. The van der Waals surface area contributed by atoms with Crippen molar-refractivity contribution in [1.82, 2.24) is 4.68 Å². The number of nitrogens with zero attached hydrogens (tertiary/aromatic N) is 1. The van der Waals surface area contributed by atoms with Gasteiger partial charge in [0, 0.05) is 13.2 Å². The summed E-state index contributed by atoms with van der Waals surface area (Å²) in [4.78, 5) is 22.6. The van der Waals surface area contributed by atoms with E-state index < -0.39 is 45.3 Å². The normalized spacial score (nSPS) is 10.7. The van der Waals surface area contributed by atoms with E-state index in [1.165, 1.54) is 7.05 Å². The molecule has 2 N–H and O–H groups in total. The van der Waals surface area contributed by atoms with Gasteiger partial charge in [0.1, 0.15) is 11.1 Å². The van der Waals surface area contributed by atoms with Gasteiger partial charge in [-0.25, -0.2) is 18.0 Å². The zero-order chi connectivity index (χ0) is 14.3. The molecule has 0 atom stereocenters. The van der Waals surface area contributed by atoms with Gasteiger partial charge in [0.2, 0.25) is 5.43 Å². The number of benzene rings is 1. The maximum atomic E-state index is 13.7. The lowest BCUT2D eigenvalue weighted by Gasteiger charge is -2.12. The highest BCUT2D eigenvalue weighted by molar-refractivity contribution is 5.92. The van der Waals surface area contributed by atoms with Gasteiger partial charge in [-0.3, -0.25) is 9.47 Å². The fraction of sp³-hybridized carbons (Fsp3) is 0.0909. The minimum Gasteiger partial charge on any atom is -0.477 e. The Hall–Kier alpha value is -2.51. The second-order valence-electron chi connectivity index (χ2n) is 3.65. The molecule has 2 aromatic rings. The lowest BCUT2D eigenvalue weighted by molar-refractivity contribution is 0.0695. The van der Waals surface area contributed by atoms with Crippen LogP contribution in [-0.4, -0.2) is 22.8 Å². The van der Waals surface area contributed by atoms with Crippen molar-refractivity contribution >= 4 is 16.9 Å². The highest BCUT2D eigenvalue weighted by atomic mass is 19.2. The van der Waals surface area contributed by atoms with Crippen molar-refractivity contribution in [3.8, 4) is 0 Å². The van der Waals surface area contributed by atoms with E-state index >= 15 is 0 Å². The number of hydrogen-bond donors (Lipinski definition) is 2. The molecule has 0 spiro atoms. The molecule has 1 aromatic heterocycles. The molecule has 100 valence electrons. The van der Waals surface area contributed by atoms with Crippen molar-refractivity contribution in [2.75, 3.05) is 12.5 Å². The van der Waals surface area contributed by atoms with E-state index in [2.05, 4.69) is 5.43 Å². The minimum atomic E-state index is -1.74. The molecule has 1 aromatic carbocycles. The van der Waals surface area contributed by atoms with Crippen LogP contribution < -0.4 is 10.9 Å². The summed E-state index contributed by atoms with van der Waals surface area (Å²) in [5.74, 6) is -6.43. The van der Waals surface area contributed by atoms with E-state index in [1.54, 1.807) is 0 Å². The van der Waals surface area contributed by atoms with Crippen LogP contribution in [0.15, 0.2) is 17.1 Å². The summed E-state index contributed by atoms with van der Waals surface area (Å²) in [7, 11) is 1.30. The predicted molar refractivity (Wildman–Crippen MR) is 60.3 cm³/mol. The van der Waals surface area contributed by atoms with Gasteiger partial charge in [-0.15, -0.1) is 0 Å². The number of halogens is 3. The van der Waals surface area contributed by atoms with E-state index in [4.69, 9.17) is 5.11 Å². The summed E-state index contributed by atoms with van der Waals surface area (Å²) in [6, 6.07) is 0.469. The highest BCUT2D eigenvalue weighted by Gasteiger charge is 2.21. The van der Waals surface area contributed by atoms with Crippen LogP contribution in [-0.2, 0) is 0 Å². The lowest BCUT2D eigenvalue weighted by Crippen LogP contribution is -2.23. The minimum absolute atomic E-state index is 0.469. The molecular formula is C11H7F3N2O3. The summed E-state index contributed by atoms with van der Waals surface area (Å²) in [5, 5.41) is 8.27. The number of aromatic nitrogens is 1. The SMILES string of the molecule is CNn1cc(C(=O)O)c(=O)c2cc(F)c(F)c(F)c21. The standard InChI is InChI=1S/C11H7F3N2O3/c1-15-16-3-5(11(18)19)10(17)4-2-6(12)7(13)8(14)9(4)16/h2-3,15H,1H3,(H,18,19). The number of nitrogens with one attached hydrogen (secondary N) is 1. The fourth-order valence-electron chi connectivity index (χ4n) is 1.72. The van der Waals surface area contributed by atoms with E-state index in [0.717, 1.165) is 10.9 Å². The van der Waals surface area contributed by atoms with Gasteiger partial charge in [0.05, 0.1) is 5.39 Å². The summed E-state index contributed by atoms with van der Waals surface area (Å²) >= 11 is 0. The number of aromatic carboxylic acids is 1. The van der Waals surface area contributed by atoms with Crippen LogP contribution in [0.2, 0.25) is 0 Å². The van der Waals surface area contributed by atoms with Crippen LogP contribution in [0.3, 0.4) is 0 Å². The highest BCUT2D eigenvalue weighted by Crippen LogP contribution is 2.20. The maximum absolute atomic E-state index is 13.7. The van der Waals surface area contributed by atoms with Crippen molar-refractivity contribution in [1.29, 1.82) is 0 Å². The van der Waals surface area contributed by atoms with Crippen LogP contribution in [0, 0.1) is 17.5 Å². The zero-order valence-corrected chi connectivity index (χ0v) is 9.50. The third-order valence-electron chi connectivity index (χ3n) is 2.60. The predicted octanol–water partition coefficient (Wildman–Crippen LogP) is 1.29. The summed E-state index contributed by atoms with van der Waals surface area (Å²) < 4.78 is 40.7. The van der Waals surface area contributed by atoms with Gasteiger partial charge in [-0.2, -0.15) is 0 Å². The molecule has 5 nitrogen and oxygen atoms in total. The Kier molecular flexibility index (Phi) is 2.93. The Balaban J connectivity index is 3.08. The summed E-state index contributed by atoms with van der Waals surface area (Å²) in [6.45, 7) is 0. The van der Waals surface area contributed by atoms with Crippen molar-refractivity contribution in [3.05, 3.63) is 45.5 Å². The molecule has 2 rings (SSSR count). The second kappa shape index (κ2) is 4.30. The molecule has 0 radical (unpaired) electrons. The van der Waals surface area contributed by atoms with Crippen LogP contribution >= 0.6 is 0 Å². The first kappa shape index (κ1) is 12.9. The lowest BCUT2D eigenvalue weighted by atomic mass is 10.1. The van der Waals surface area contributed by atoms with Crippen molar-refractivity contribution in [2.45, 2.75) is 0 Å². The van der Waals surface area contributed by atoms with Crippen LogP contribution in [0.4, 0.5) is 13.2 Å². The molecule has 8 heteroatoms. The number of carbonyl (C=O) groups is 1. The summed E-state index contributed by atoms with van der Waals surface area (Å²) in [5.41, 5.74) is 0.0278. The van der Waals surface area contributed by atoms with Gasteiger partial charge in [0.15, 0.2) is 17.5 Å². The van der Waals surface area contributed by atoms with Gasteiger partial charge < -0.3 is 10.5 Å². The molecule has 1 heterocycles. The van der Waals surface area contributed by atoms with Gasteiger partial charge in [-0.05, 0) is 6.07 Å². The molecular weight excluding hydrogens is 265 g/mol. The molecule has 0 unspecified atom stereocenters. The smallest absolute Gasteiger partial charge is 0.341 e. The van der Waals surface area contributed by atoms with Crippen LogP contribution in [0.1, 0.15) is 10.4 Å². The molecule has 0 amide bonds. The molecule has 0 saturated carbocycles. The van der Waals surface area contributed by atoms with Crippen LogP contribution in [0.5, 0.6) is 0 Å². The van der Waals surface area contributed by atoms with Crippen molar-refractivity contribution < 1.29 is 23.1 Å². The molecule has 0 aliphatic heterocycles. The fourth-order valence-corrected chi connectivity index (χ4v) is 1.72. The number of carboxylic acids is 1. The molecule has 0 saturated heterocycles. The van der Waals surface area contributed by atoms with E-state index in [-0.39, 0.29) is 0 Å². The average molecular weight is 272 g/mol. The molecule has 0 bridgehead atoms. The third kappa shape index (κ3) is 1.81. The Morgan fingerprint density at radius 1 is 1.32 bits per heavy atom. The first-order chi connectivity index (χ1) is 8.88. The van der Waals surface area contributed by atoms with E-state index in [9.17, 15) is 22.8 Å². The van der Waals surface area contributed by atoms with Gasteiger partial charge in [0.25, 0.3) is 0 Å². The first-order valence-electron chi connectivity index (χ1n) is 5.02. The Morgan fingerprint density at radius 3 is 2.47 bits per heavy atom. The maximum Gasteiger partial charge on any atom is 0.341 e. The number of pyridine rings is 1. The Morgan fingerprint density at radius 2 is 1.95 bits per heavy atom. The largest absolute Gasteiger partial charge is 0.477 e. The Labute approximate surface area is 103 Å². The molecule has 19 heavy (non-hydrogen) atoms. The monoisotopic (exact) mass is 272 g/mol. The van der Waals surface area contributed by atoms with E-state index in [0.29, 0.717) is 6.07 Å². The number of rotatable bonds is 2. The number of fused-ring (bicyclic) bond motifs is 1. The quantitative estimate of drug-likeness (QED) is 0.808. The van der Waals surface area contributed by atoms with Gasteiger partial charge >= 0.3 is 5.97 Å². The van der Waals surface area contributed by atoms with Crippen molar-refractivity contribution in [2.24, 2.45) is 0 Å². The van der Waals surface area contributed by atoms with Gasteiger partial charge in [-0.1, -0.05) is 0 Å². The zero-order valence-electron chi connectivity index (χ0n) is 9.50. The third-order valence-corrected chi connectivity index (χ3v) is 2.60. The van der Waals surface area contributed by atoms with Crippen LogP contribution in [0.25, 0.3) is 10.9 Å². The summed E-state index contributed by atoms with van der Waals surface area (Å²) in [6.07, 6.45) is 0.799. The van der Waals surface area contributed by atoms with Crippen molar-refractivity contribution in [3.63, 3.8) is 0 Å². The first-order valence-corrected chi connectivity index (χ1v) is 5.02. The molecule has 0 fully saturated rings. The number of hydrogen-bond acceptors (Lipinski definition) is 3. The number of carboxylic acid groups (broad SMARTS) is 1. The Bertz CT molecular complexity index is 755.